The van der Waals surface area contributed by atoms with Crippen LogP contribution >= 0.6 is 0 Å². The SMILES string of the molecule is CNC(=O)C1CCCCN1S(=O)(=O)c1cnn(C(C)C)c1. The van der Waals surface area contributed by atoms with Crippen LogP contribution in [0, 0.1) is 0 Å². The summed E-state index contributed by atoms with van der Waals surface area (Å²) >= 11 is 0. The van der Waals surface area contributed by atoms with Gasteiger partial charge in [0.25, 0.3) is 0 Å². The standard InChI is InChI=1S/C13H22N4O3S/c1-10(2)16-9-11(8-15-16)21(19,20)17-7-5-4-6-12(17)13(18)14-3/h8-10,12H,4-7H2,1-3H3,(H,14,18). The lowest BCUT2D eigenvalue weighted by Crippen LogP contribution is -2.51. The van der Waals surface area contributed by atoms with Gasteiger partial charge in [-0.1, -0.05) is 6.42 Å². The van der Waals surface area contributed by atoms with Crippen LogP contribution in [-0.4, -0.2) is 48.0 Å². The topological polar surface area (TPSA) is 84.3 Å². The third kappa shape index (κ3) is 3.11. The molecule has 2 rings (SSSR count). The molecule has 1 aliphatic heterocycles. The molecule has 1 aromatic rings. The van der Waals surface area contributed by atoms with Gasteiger partial charge < -0.3 is 5.32 Å². The van der Waals surface area contributed by atoms with E-state index < -0.39 is 16.1 Å². The highest BCUT2D eigenvalue weighted by Gasteiger charge is 2.37. The monoisotopic (exact) mass is 314 g/mol. The minimum Gasteiger partial charge on any atom is -0.358 e. The van der Waals surface area contributed by atoms with Crippen LogP contribution in [0.3, 0.4) is 0 Å². The second-order valence-electron chi connectivity index (χ2n) is 5.49. The lowest BCUT2D eigenvalue weighted by Gasteiger charge is -2.32. The fraction of sp³-hybridized carbons (Fsp3) is 0.692. The van der Waals surface area contributed by atoms with E-state index in [9.17, 15) is 13.2 Å². The average Bonchev–Trinajstić information content (AvgIpc) is 2.97. The van der Waals surface area contributed by atoms with E-state index >= 15 is 0 Å². The molecule has 1 aliphatic rings. The first kappa shape index (κ1) is 16.0. The Bertz CT molecular complexity index is 609. The summed E-state index contributed by atoms with van der Waals surface area (Å²) in [7, 11) is -2.16. The Kier molecular flexibility index (Phi) is 4.67. The van der Waals surface area contributed by atoms with Gasteiger partial charge in [-0.3, -0.25) is 9.48 Å². The first-order chi connectivity index (χ1) is 9.87. The molecule has 1 atom stereocenters. The number of carbonyl (C=O) groups is 1. The van der Waals surface area contributed by atoms with Crippen molar-refractivity contribution in [3.63, 3.8) is 0 Å². The lowest BCUT2D eigenvalue weighted by atomic mass is 10.0. The highest BCUT2D eigenvalue weighted by Crippen LogP contribution is 2.25. The minimum absolute atomic E-state index is 0.0880. The van der Waals surface area contributed by atoms with Crippen LogP contribution in [0.4, 0.5) is 0 Å². The van der Waals surface area contributed by atoms with Gasteiger partial charge in [0, 0.05) is 25.8 Å². The highest BCUT2D eigenvalue weighted by atomic mass is 32.2. The number of amides is 1. The predicted octanol–water partition coefficient (Wildman–Crippen LogP) is 0.753. The summed E-state index contributed by atoms with van der Waals surface area (Å²) in [5, 5.41) is 6.62. The number of nitrogens with one attached hydrogen (secondary N) is 1. The van der Waals surface area contributed by atoms with Gasteiger partial charge in [-0.25, -0.2) is 8.42 Å². The first-order valence-electron chi connectivity index (χ1n) is 7.15. The van der Waals surface area contributed by atoms with Gasteiger partial charge in [0.05, 0.1) is 6.20 Å². The Hall–Kier alpha value is -1.41. The van der Waals surface area contributed by atoms with E-state index in [0.29, 0.717) is 13.0 Å². The van der Waals surface area contributed by atoms with Crippen molar-refractivity contribution in [2.24, 2.45) is 0 Å². The molecule has 21 heavy (non-hydrogen) atoms. The average molecular weight is 314 g/mol. The zero-order valence-corrected chi connectivity index (χ0v) is 13.4. The molecule has 1 unspecified atom stereocenters. The molecule has 1 N–H and O–H groups in total. The summed E-state index contributed by atoms with van der Waals surface area (Å²) in [4.78, 5) is 12.1. The normalized spacial score (nSPS) is 20.7. The second kappa shape index (κ2) is 6.15. The number of piperidine rings is 1. The Morgan fingerprint density at radius 3 is 2.71 bits per heavy atom. The summed E-state index contributed by atoms with van der Waals surface area (Å²) < 4.78 is 28.4. The molecule has 0 spiro atoms. The van der Waals surface area contributed by atoms with Crippen molar-refractivity contribution >= 4 is 15.9 Å². The molecule has 0 aliphatic carbocycles. The molecule has 0 radical (unpaired) electrons. The first-order valence-corrected chi connectivity index (χ1v) is 8.59. The number of hydrogen-bond acceptors (Lipinski definition) is 4. The third-order valence-electron chi connectivity index (χ3n) is 3.72. The zero-order valence-electron chi connectivity index (χ0n) is 12.6. The predicted molar refractivity (Wildman–Crippen MR) is 78.2 cm³/mol. The van der Waals surface area contributed by atoms with Gasteiger partial charge in [-0.05, 0) is 26.7 Å². The number of hydrogen-bond donors (Lipinski definition) is 1. The van der Waals surface area contributed by atoms with Crippen LogP contribution in [0.1, 0.15) is 39.2 Å². The van der Waals surface area contributed by atoms with E-state index in [-0.39, 0.29) is 16.8 Å². The molecular formula is C13H22N4O3S. The van der Waals surface area contributed by atoms with Crippen molar-refractivity contribution in [3.05, 3.63) is 12.4 Å². The van der Waals surface area contributed by atoms with Gasteiger partial charge in [-0.15, -0.1) is 0 Å². The van der Waals surface area contributed by atoms with Crippen molar-refractivity contribution < 1.29 is 13.2 Å². The van der Waals surface area contributed by atoms with Gasteiger partial charge in [0.2, 0.25) is 15.9 Å². The van der Waals surface area contributed by atoms with E-state index in [1.54, 1.807) is 4.68 Å². The molecule has 2 heterocycles. The van der Waals surface area contributed by atoms with Crippen LogP contribution in [0.2, 0.25) is 0 Å². The minimum atomic E-state index is -3.69. The maximum atomic E-state index is 12.7. The highest BCUT2D eigenvalue weighted by molar-refractivity contribution is 7.89. The van der Waals surface area contributed by atoms with E-state index in [1.165, 1.54) is 23.7 Å². The summed E-state index contributed by atoms with van der Waals surface area (Å²) in [5.74, 6) is -0.255. The van der Waals surface area contributed by atoms with Crippen molar-refractivity contribution in [2.75, 3.05) is 13.6 Å². The maximum Gasteiger partial charge on any atom is 0.246 e. The van der Waals surface area contributed by atoms with Gasteiger partial charge in [0.1, 0.15) is 10.9 Å². The van der Waals surface area contributed by atoms with Crippen LogP contribution < -0.4 is 5.32 Å². The molecule has 1 fully saturated rings. The van der Waals surface area contributed by atoms with Crippen molar-refractivity contribution in [1.29, 1.82) is 0 Å². The van der Waals surface area contributed by atoms with E-state index in [0.717, 1.165) is 12.8 Å². The van der Waals surface area contributed by atoms with Crippen LogP contribution in [0.15, 0.2) is 17.3 Å². The molecule has 8 heteroatoms. The lowest BCUT2D eigenvalue weighted by molar-refractivity contribution is -0.125. The molecule has 1 saturated heterocycles. The molecule has 0 bridgehead atoms. The van der Waals surface area contributed by atoms with Crippen molar-refractivity contribution in [1.82, 2.24) is 19.4 Å². The Labute approximate surface area is 125 Å². The quantitative estimate of drug-likeness (QED) is 0.889. The fourth-order valence-corrected chi connectivity index (χ4v) is 4.09. The maximum absolute atomic E-state index is 12.7. The number of nitrogens with zero attached hydrogens (tertiary/aromatic N) is 3. The molecule has 0 aromatic carbocycles. The summed E-state index contributed by atoms with van der Waals surface area (Å²) in [6.07, 6.45) is 5.05. The number of aromatic nitrogens is 2. The number of likely N-dealkylation sites (N-methyl/N-ethyl adjacent to an activating group) is 1. The largest absolute Gasteiger partial charge is 0.358 e. The second-order valence-corrected chi connectivity index (χ2v) is 7.38. The fourth-order valence-electron chi connectivity index (χ4n) is 2.49. The summed E-state index contributed by atoms with van der Waals surface area (Å²) in [6.45, 7) is 4.22. The molecule has 1 amide bonds. The van der Waals surface area contributed by atoms with Gasteiger partial charge >= 0.3 is 0 Å². The number of rotatable bonds is 4. The van der Waals surface area contributed by atoms with Gasteiger partial charge in [0.15, 0.2) is 0 Å². The summed E-state index contributed by atoms with van der Waals surface area (Å²) in [5.41, 5.74) is 0. The molecule has 118 valence electrons. The summed E-state index contributed by atoms with van der Waals surface area (Å²) in [6, 6.07) is -0.541. The molecular weight excluding hydrogens is 292 g/mol. The van der Waals surface area contributed by atoms with Crippen LogP contribution in [-0.2, 0) is 14.8 Å². The Balaban J connectivity index is 2.33. The molecule has 1 aromatic heterocycles. The Morgan fingerprint density at radius 1 is 1.43 bits per heavy atom. The van der Waals surface area contributed by atoms with Crippen molar-refractivity contribution in [3.8, 4) is 0 Å². The van der Waals surface area contributed by atoms with E-state index in [1.807, 2.05) is 13.8 Å². The number of sulfonamides is 1. The Morgan fingerprint density at radius 2 is 2.14 bits per heavy atom. The zero-order chi connectivity index (χ0) is 15.6. The smallest absolute Gasteiger partial charge is 0.246 e. The molecule has 0 saturated carbocycles. The van der Waals surface area contributed by atoms with E-state index in [2.05, 4.69) is 10.4 Å². The molecule has 7 nitrogen and oxygen atoms in total. The third-order valence-corrected chi connectivity index (χ3v) is 5.58. The number of carbonyl (C=O) groups excluding carboxylic acids is 1. The van der Waals surface area contributed by atoms with Gasteiger partial charge in [-0.2, -0.15) is 9.40 Å². The van der Waals surface area contributed by atoms with E-state index in [4.69, 9.17) is 0 Å². The van der Waals surface area contributed by atoms with Crippen LogP contribution in [0.25, 0.3) is 0 Å². The van der Waals surface area contributed by atoms with Crippen molar-refractivity contribution in [2.45, 2.75) is 50.1 Å². The van der Waals surface area contributed by atoms with Crippen LogP contribution in [0.5, 0.6) is 0 Å².